The van der Waals surface area contributed by atoms with Gasteiger partial charge in [0.05, 0.1) is 10.6 Å². The van der Waals surface area contributed by atoms with Crippen LogP contribution in [0.4, 0.5) is 0 Å². The predicted molar refractivity (Wildman–Crippen MR) is 52.1 cm³/mol. The molecule has 2 N–H and O–H groups in total. The molecule has 3 nitrogen and oxygen atoms in total. The molecule has 0 spiro atoms. The van der Waals surface area contributed by atoms with Crippen LogP contribution in [0.15, 0.2) is 29.2 Å². The zero-order chi connectivity index (χ0) is 9.90. The van der Waals surface area contributed by atoms with E-state index in [1.54, 1.807) is 25.1 Å². The SMILES string of the molecule is CCS(=O)(=O)c1cccc(CN)c1. The highest BCUT2D eigenvalue weighted by Gasteiger charge is 2.10. The van der Waals surface area contributed by atoms with Crippen LogP contribution in [-0.2, 0) is 16.4 Å². The second-order valence-corrected chi connectivity index (χ2v) is 5.03. The summed E-state index contributed by atoms with van der Waals surface area (Å²) >= 11 is 0. The van der Waals surface area contributed by atoms with Gasteiger partial charge in [0.2, 0.25) is 0 Å². The van der Waals surface area contributed by atoms with Crippen LogP contribution < -0.4 is 5.73 Å². The maximum atomic E-state index is 11.4. The number of sulfone groups is 1. The molecule has 0 saturated carbocycles. The van der Waals surface area contributed by atoms with E-state index in [9.17, 15) is 8.42 Å². The Hall–Kier alpha value is -0.870. The molecule has 1 aromatic rings. The first-order valence-corrected chi connectivity index (χ1v) is 5.77. The van der Waals surface area contributed by atoms with Gasteiger partial charge in [-0.25, -0.2) is 8.42 Å². The van der Waals surface area contributed by atoms with E-state index in [1.807, 2.05) is 6.07 Å². The molecule has 0 aliphatic carbocycles. The van der Waals surface area contributed by atoms with Crippen molar-refractivity contribution in [1.29, 1.82) is 0 Å². The standard InChI is InChI=1S/C9H13NO2S/c1-2-13(11,12)9-5-3-4-8(6-9)7-10/h3-6H,2,7,10H2,1H3. The fourth-order valence-corrected chi connectivity index (χ4v) is 1.98. The van der Waals surface area contributed by atoms with Gasteiger partial charge in [-0.15, -0.1) is 0 Å². The Morgan fingerprint density at radius 3 is 2.62 bits per heavy atom. The van der Waals surface area contributed by atoms with Crippen LogP contribution in [0, 0.1) is 0 Å². The fraction of sp³-hybridized carbons (Fsp3) is 0.333. The van der Waals surface area contributed by atoms with Gasteiger partial charge in [-0.1, -0.05) is 19.1 Å². The summed E-state index contributed by atoms with van der Waals surface area (Å²) in [5.74, 6) is 0.126. The predicted octanol–water partition coefficient (Wildman–Crippen LogP) is 0.939. The van der Waals surface area contributed by atoms with Gasteiger partial charge in [0.15, 0.2) is 9.84 Å². The quantitative estimate of drug-likeness (QED) is 0.788. The highest BCUT2D eigenvalue weighted by atomic mass is 32.2. The second-order valence-electron chi connectivity index (χ2n) is 2.75. The first-order valence-electron chi connectivity index (χ1n) is 4.12. The zero-order valence-electron chi connectivity index (χ0n) is 7.53. The lowest BCUT2D eigenvalue weighted by Crippen LogP contribution is -2.05. The van der Waals surface area contributed by atoms with Gasteiger partial charge in [-0.05, 0) is 17.7 Å². The molecular weight excluding hydrogens is 186 g/mol. The van der Waals surface area contributed by atoms with Crippen molar-refractivity contribution in [2.24, 2.45) is 5.73 Å². The van der Waals surface area contributed by atoms with Crippen molar-refractivity contribution < 1.29 is 8.42 Å². The molecule has 0 aliphatic heterocycles. The summed E-state index contributed by atoms with van der Waals surface area (Å²) in [6, 6.07) is 6.75. The minimum absolute atomic E-state index is 0.126. The van der Waals surface area contributed by atoms with Crippen molar-refractivity contribution in [3.63, 3.8) is 0 Å². The summed E-state index contributed by atoms with van der Waals surface area (Å²) in [5.41, 5.74) is 6.25. The Balaban J connectivity index is 3.17. The van der Waals surface area contributed by atoms with Crippen LogP contribution >= 0.6 is 0 Å². The van der Waals surface area contributed by atoms with Crippen molar-refractivity contribution >= 4 is 9.84 Å². The Kier molecular flexibility index (Phi) is 3.06. The van der Waals surface area contributed by atoms with Crippen molar-refractivity contribution in [3.8, 4) is 0 Å². The summed E-state index contributed by atoms with van der Waals surface area (Å²) in [7, 11) is -3.09. The van der Waals surface area contributed by atoms with E-state index in [0.29, 0.717) is 11.4 Å². The number of benzene rings is 1. The molecule has 0 bridgehead atoms. The third-order valence-corrected chi connectivity index (χ3v) is 3.61. The van der Waals surface area contributed by atoms with Crippen LogP contribution in [0.1, 0.15) is 12.5 Å². The Bertz CT molecular complexity index is 384. The average Bonchev–Trinajstić information content (AvgIpc) is 2.18. The molecule has 0 aromatic heterocycles. The summed E-state index contributed by atoms with van der Waals surface area (Å²) in [5, 5.41) is 0. The summed E-state index contributed by atoms with van der Waals surface area (Å²) in [6.07, 6.45) is 0. The molecule has 0 unspecified atom stereocenters. The van der Waals surface area contributed by atoms with Gasteiger partial charge in [-0.3, -0.25) is 0 Å². The van der Waals surface area contributed by atoms with E-state index < -0.39 is 9.84 Å². The lowest BCUT2D eigenvalue weighted by atomic mass is 10.2. The average molecular weight is 199 g/mol. The second kappa shape index (κ2) is 3.89. The van der Waals surface area contributed by atoms with Gasteiger partial charge >= 0.3 is 0 Å². The van der Waals surface area contributed by atoms with Crippen LogP contribution in [0.5, 0.6) is 0 Å². The monoisotopic (exact) mass is 199 g/mol. The Morgan fingerprint density at radius 2 is 2.08 bits per heavy atom. The van der Waals surface area contributed by atoms with E-state index in [4.69, 9.17) is 5.73 Å². The number of rotatable bonds is 3. The van der Waals surface area contributed by atoms with Gasteiger partial charge in [0.1, 0.15) is 0 Å². The van der Waals surface area contributed by atoms with Gasteiger partial charge in [0.25, 0.3) is 0 Å². The van der Waals surface area contributed by atoms with E-state index >= 15 is 0 Å². The van der Waals surface area contributed by atoms with Crippen LogP contribution in [0.3, 0.4) is 0 Å². The first-order chi connectivity index (χ1) is 6.10. The first kappa shape index (κ1) is 10.2. The molecule has 0 heterocycles. The molecule has 1 aromatic carbocycles. The topological polar surface area (TPSA) is 60.2 Å². The largest absolute Gasteiger partial charge is 0.326 e. The van der Waals surface area contributed by atoms with Crippen molar-refractivity contribution in [3.05, 3.63) is 29.8 Å². The van der Waals surface area contributed by atoms with E-state index in [2.05, 4.69) is 0 Å². The minimum atomic E-state index is -3.09. The molecule has 0 aliphatic rings. The maximum Gasteiger partial charge on any atom is 0.178 e. The number of hydrogen-bond acceptors (Lipinski definition) is 3. The summed E-state index contributed by atoms with van der Waals surface area (Å²) < 4.78 is 22.9. The number of hydrogen-bond donors (Lipinski definition) is 1. The van der Waals surface area contributed by atoms with Crippen molar-refractivity contribution in [2.75, 3.05) is 5.75 Å². The third kappa shape index (κ3) is 2.29. The maximum absolute atomic E-state index is 11.4. The smallest absolute Gasteiger partial charge is 0.178 e. The molecule has 0 amide bonds. The van der Waals surface area contributed by atoms with E-state index in [-0.39, 0.29) is 5.75 Å². The normalized spacial score (nSPS) is 11.5. The van der Waals surface area contributed by atoms with Crippen molar-refractivity contribution in [1.82, 2.24) is 0 Å². The lowest BCUT2D eigenvalue weighted by molar-refractivity contribution is 0.597. The molecule has 72 valence electrons. The van der Waals surface area contributed by atoms with E-state index in [0.717, 1.165) is 5.56 Å². The van der Waals surface area contributed by atoms with Crippen LogP contribution in [0.25, 0.3) is 0 Å². The Labute approximate surface area is 78.5 Å². The highest BCUT2D eigenvalue weighted by molar-refractivity contribution is 7.91. The van der Waals surface area contributed by atoms with Gasteiger partial charge in [0, 0.05) is 6.54 Å². The Morgan fingerprint density at radius 1 is 1.38 bits per heavy atom. The van der Waals surface area contributed by atoms with Crippen molar-refractivity contribution in [2.45, 2.75) is 18.4 Å². The van der Waals surface area contributed by atoms with Gasteiger partial charge < -0.3 is 5.73 Å². The molecule has 1 rings (SSSR count). The molecule has 0 radical (unpaired) electrons. The highest BCUT2D eigenvalue weighted by Crippen LogP contribution is 2.12. The van der Waals surface area contributed by atoms with E-state index in [1.165, 1.54) is 0 Å². The fourth-order valence-electron chi connectivity index (χ4n) is 1.03. The molecule has 4 heteroatoms. The number of nitrogens with two attached hydrogens (primary N) is 1. The summed E-state index contributed by atoms with van der Waals surface area (Å²) in [6.45, 7) is 2.00. The van der Waals surface area contributed by atoms with Crippen LogP contribution in [0.2, 0.25) is 0 Å². The molecule has 0 atom stereocenters. The molecule has 0 saturated heterocycles. The van der Waals surface area contributed by atoms with Gasteiger partial charge in [-0.2, -0.15) is 0 Å². The minimum Gasteiger partial charge on any atom is -0.326 e. The summed E-state index contributed by atoms with van der Waals surface area (Å²) in [4.78, 5) is 0.359. The zero-order valence-corrected chi connectivity index (χ0v) is 8.34. The lowest BCUT2D eigenvalue weighted by Gasteiger charge is -2.02. The molecule has 0 fully saturated rings. The molecule has 13 heavy (non-hydrogen) atoms. The third-order valence-electron chi connectivity index (χ3n) is 1.87. The van der Waals surface area contributed by atoms with Crippen LogP contribution in [-0.4, -0.2) is 14.2 Å². The molecular formula is C9H13NO2S.